The predicted molar refractivity (Wildman–Crippen MR) is 113 cm³/mol. The monoisotopic (exact) mass is 502 g/mol. The highest BCUT2D eigenvalue weighted by atomic mass is 79.9. The maximum absolute atomic E-state index is 13.6. The Bertz CT molecular complexity index is 1330. The van der Waals surface area contributed by atoms with E-state index in [1.54, 1.807) is 30.1 Å². The highest BCUT2D eigenvalue weighted by Crippen LogP contribution is 2.39. The summed E-state index contributed by atoms with van der Waals surface area (Å²) >= 11 is 3.16. The standard InChI is InChI=1S/C20H14BrF3N8/c1-11(18-29-10-30-32(18)16-4-3-12(7-25)8-26-16)31(2)19-14-5-13(21)6-15(20(22,23)24)17(14)27-9-28-19/h3-6,8-11H,1-2H3. The molecule has 8 nitrogen and oxygen atoms in total. The average molecular weight is 503 g/mol. The van der Waals surface area contributed by atoms with Gasteiger partial charge in [0.2, 0.25) is 0 Å². The first-order chi connectivity index (χ1) is 15.2. The third kappa shape index (κ3) is 3.87. The molecule has 0 aliphatic carbocycles. The first-order valence-corrected chi connectivity index (χ1v) is 10.0. The summed E-state index contributed by atoms with van der Waals surface area (Å²) < 4.78 is 42.5. The predicted octanol–water partition coefficient (Wildman–Crippen LogP) is 4.46. The molecule has 0 fully saturated rings. The van der Waals surface area contributed by atoms with Crippen molar-refractivity contribution in [3.8, 4) is 11.9 Å². The molecule has 1 unspecified atom stereocenters. The van der Waals surface area contributed by atoms with E-state index in [2.05, 4.69) is 41.0 Å². The molecular weight excluding hydrogens is 489 g/mol. The van der Waals surface area contributed by atoms with Crippen molar-refractivity contribution >= 4 is 32.7 Å². The van der Waals surface area contributed by atoms with Crippen LogP contribution in [0, 0.1) is 11.3 Å². The molecule has 162 valence electrons. The van der Waals surface area contributed by atoms with Gasteiger partial charge >= 0.3 is 6.18 Å². The van der Waals surface area contributed by atoms with Crippen LogP contribution in [-0.2, 0) is 6.18 Å². The summed E-state index contributed by atoms with van der Waals surface area (Å²) in [6.45, 7) is 1.82. The molecule has 0 aliphatic rings. The highest BCUT2D eigenvalue weighted by Gasteiger charge is 2.34. The minimum absolute atomic E-state index is 0.194. The Labute approximate surface area is 188 Å². The second-order valence-electron chi connectivity index (χ2n) is 6.88. The van der Waals surface area contributed by atoms with E-state index in [-0.39, 0.29) is 15.4 Å². The molecule has 0 saturated carbocycles. The Kier molecular flexibility index (Phi) is 5.52. The summed E-state index contributed by atoms with van der Waals surface area (Å²) in [6.07, 6.45) is -0.685. The van der Waals surface area contributed by atoms with E-state index < -0.39 is 17.8 Å². The van der Waals surface area contributed by atoms with E-state index in [1.165, 1.54) is 17.2 Å². The van der Waals surface area contributed by atoms with Gasteiger partial charge in [0.15, 0.2) is 11.6 Å². The van der Waals surface area contributed by atoms with Crippen LogP contribution >= 0.6 is 15.9 Å². The van der Waals surface area contributed by atoms with Crippen LogP contribution in [0.25, 0.3) is 16.7 Å². The first-order valence-electron chi connectivity index (χ1n) is 9.21. The van der Waals surface area contributed by atoms with Gasteiger partial charge in [-0.15, -0.1) is 0 Å². The van der Waals surface area contributed by atoms with E-state index in [1.807, 2.05) is 13.0 Å². The Morgan fingerprint density at radius 2 is 1.91 bits per heavy atom. The van der Waals surface area contributed by atoms with Gasteiger partial charge in [0.05, 0.1) is 22.7 Å². The molecule has 3 heterocycles. The Morgan fingerprint density at radius 1 is 1.12 bits per heavy atom. The zero-order chi connectivity index (χ0) is 23.0. The van der Waals surface area contributed by atoms with E-state index in [0.717, 1.165) is 12.4 Å². The number of hydrogen-bond donors (Lipinski definition) is 0. The number of halogens is 4. The molecule has 4 rings (SSSR count). The lowest BCUT2D eigenvalue weighted by Crippen LogP contribution is -2.26. The van der Waals surface area contributed by atoms with Crippen LogP contribution in [0.1, 0.15) is 29.9 Å². The van der Waals surface area contributed by atoms with Crippen LogP contribution in [0.3, 0.4) is 0 Å². The minimum atomic E-state index is -4.57. The molecule has 0 N–H and O–H groups in total. The first kappa shape index (κ1) is 21.6. The number of benzene rings is 1. The molecule has 3 aromatic heterocycles. The molecule has 0 bridgehead atoms. The van der Waals surface area contributed by atoms with E-state index in [9.17, 15) is 13.2 Å². The van der Waals surface area contributed by atoms with Gasteiger partial charge in [-0.05, 0) is 31.2 Å². The number of alkyl halides is 3. The lowest BCUT2D eigenvalue weighted by atomic mass is 10.1. The average Bonchev–Trinajstić information content (AvgIpc) is 3.26. The molecule has 0 spiro atoms. The SMILES string of the molecule is CC(c1ncnn1-c1ccc(C#N)cn1)N(C)c1ncnc2c(C(F)(F)F)cc(Br)cc12. The van der Waals surface area contributed by atoms with Gasteiger partial charge in [0.1, 0.15) is 24.5 Å². The van der Waals surface area contributed by atoms with Gasteiger partial charge in [-0.1, -0.05) is 15.9 Å². The number of nitrogens with zero attached hydrogens (tertiary/aromatic N) is 8. The molecule has 0 saturated heterocycles. The van der Waals surface area contributed by atoms with E-state index in [0.29, 0.717) is 23.0 Å². The van der Waals surface area contributed by atoms with E-state index in [4.69, 9.17) is 5.26 Å². The van der Waals surface area contributed by atoms with Crippen molar-refractivity contribution < 1.29 is 13.2 Å². The number of nitriles is 1. The number of anilines is 1. The van der Waals surface area contributed by atoms with Crippen LogP contribution in [-0.4, -0.2) is 36.8 Å². The van der Waals surface area contributed by atoms with Crippen molar-refractivity contribution in [1.82, 2.24) is 29.7 Å². The Hall–Kier alpha value is -3.59. The van der Waals surface area contributed by atoms with Crippen molar-refractivity contribution in [1.29, 1.82) is 5.26 Å². The van der Waals surface area contributed by atoms with Gasteiger partial charge in [-0.3, -0.25) is 0 Å². The summed E-state index contributed by atoms with van der Waals surface area (Å²) in [4.78, 5) is 18.4. The molecule has 4 aromatic rings. The second kappa shape index (κ2) is 8.16. The lowest BCUT2D eigenvalue weighted by molar-refractivity contribution is -0.136. The van der Waals surface area contributed by atoms with Crippen LogP contribution in [0.4, 0.5) is 19.0 Å². The molecule has 0 radical (unpaired) electrons. The summed E-state index contributed by atoms with van der Waals surface area (Å²) in [5, 5.41) is 13.4. The molecule has 0 amide bonds. The summed E-state index contributed by atoms with van der Waals surface area (Å²) in [6, 6.07) is 7.35. The summed E-state index contributed by atoms with van der Waals surface area (Å²) in [7, 11) is 1.70. The van der Waals surface area contributed by atoms with Gasteiger partial charge in [0, 0.05) is 23.1 Å². The van der Waals surface area contributed by atoms with Crippen molar-refractivity contribution in [2.24, 2.45) is 0 Å². The molecule has 0 aliphatic heterocycles. The van der Waals surface area contributed by atoms with Gasteiger partial charge in [-0.25, -0.2) is 19.9 Å². The summed E-state index contributed by atoms with van der Waals surface area (Å²) in [5.41, 5.74) is -0.643. The van der Waals surface area contributed by atoms with Crippen molar-refractivity contribution in [2.45, 2.75) is 19.1 Å². The van der Waals surface area contributed by atoms with Crippen LogP contribution in [0.2, 0.25) is 0 Å². The largest absolute Gasteiger partial charge is 0.418 e. The van der Waals surface area contributed by atoms with Crippen molar-refractivity contribution in [2.75, 3.05) is 11.9 Å². The van der Waals surface area contributed by atoms with Crippen molar-refractivity contribution in [3.63, 3.8) is 0 Å². The topological polar surface area (TPSA) is 96.4 Å². The van der Waals surface area contributed by atoms with Crippen LogP contribution < -0.4 is 4.90 Å². The molecule has 32 heavy (non-hydrogen) atoms. The van der Waals surface area contributed by atoms with Crippen molar-refractivity contribution in [3.05, 3.63) is 64.5 Å². The number of fused-ring (bicyclic) bond motifs is 1. The fourth-order valence-electron chi connectivity index (χ4n) is 3.26. The van der Waals surface area contributed by atoms with Crippen LogP contribution in [0.15, 0.2) is 47.6 Å². The van der Waals surface area contributed by atoms with Crippen LogP contribution in [0.5, 0.6) is 0 Å². The lowest BCUT2D eigenvalue weighted by Gasteiger charge is -2.26. The number of hydrogen-bond acceptors (Lipinski definition) is 7. The van der Waals surface area contributed by atoms with Gasteiger partial charge in [-0.2, -0.15) is 28.2 Å². The van der Waals surface area contributed by atoms with Gasteiger partial charge in [0.25, 0.3) is 0 Å². The van der Waals surface area contributed by atoms with E-state index >= 15 is 0 Å². The smallest absolute Gasteiger partial charge is 0.349 e. The van der Waals surface area contributed by atoms with Gasteiger partial charge < -0.3 is 4.90 Å². The maximum Gasteiger partial charge on any atom is 0.418 e. The highest BCUT2D eigenvalue weighted by molar-refractivity contribution is 9.10. The Balaban J connectivity index is 1.78. The minimum Gasteiger partial charge on any atom is -0.349 e. The Morgan fingerprint density at radius 3 is 2.56 bits per heavy atom. The third-order valence-corrected chi connectivity index (χ3v) is 5.40. The number of rotatable bonds is 4. The zero-order valence-corrected chi connectivity index (χ0v) is 18.3. The maximum atomic E-state index is 13.6. The zero-order valence-electron chi connectivity index (χ0n) is 16.7. The number of aromatic nitrogens is 6. The summed E-state index contributed by atoms with van der Waals surface area (Å²) in [5.74, 6) is 1.24. The normalized spacial score (nSPS) is 12.5. The second-order valence-corrected chi connectivity index (χ2v) is 7.79. The molecular formula is C20H14BrF3N8. The fraction of sp³-hybridized carbons (Fsp3) is 0.200. The quantitative estimate of drug-likeness (QED) is 0.406. The molecule has 12 heteroatoms. The fourth-order valence-corrected chi connectivity index (χ4v) is 3.72. The molecule has 1 atom stereocenters. The third-order valence-electron chi connectivity index (χ3n) is 4.94. The molecule has 1 aromatic carbocycles. The number of pyridine rings is 1.